The minimum Gasteiger partial charge on any atom is -0.870 e. The molecule has 0 aliphatic rings. The Bertz CT molecular complexity index is 1730. The van der Waals surface area contributed by atoms with Gasteiger partial charge in [0.2, 0.25) is 0 Å². The van der Waals surface area contributed by atoms with E-state index >= 15 is 0 Å². The summed E-state index contributed by atoms with van der Waals surface area (Å²) in [5.74, 6) is -0.990. The van der Waals surface area contributed by atoms with Crippen molar-refractivity contribution >= 4 is 67.1 Å². The van der Waals surface area contributed by atoms with Crippen LogP contribution in [-0.2, 0) is 16.5 Å². The average Bonchev–Trinajstić information content (AvgIpc) is 2.89. The largest absolute Gasteiger partial charge is 1.00 e. The van der Waals surface area contributed by atoms with Crippen molar-refractivity contribution in [3.05, 3.63) is 81.8 Å². The van der Waals surface area contributed by atoms with Gasteiger partial charge in [0, 0.05) is 10.9 Å². The predicted molar refractivity (Wildman–Crippen MR) is 149 cm³/mol. The van der Waals surface area contributed by atoms with Gasteiger partial charge in [-0.15, -0.1) is 0 Å². The quantitative estimate of drug-likeness (QED) is 0.175. The summed E-state index contributed by atoms with van der Waals surface area (Å²) in [6.07, 6.45) is 0.269. The van der Waals surface area contributed by atoms with Gasteiger partial charge in [-0.1, -0.05) is 66.2 Å². The second-order valence-corrected chi connectivity index (χ2v) is 10.4. The van der Waals surface area contributed by atoms with Crippen molar-refractivity contribution in [3.63, 3.8) is 0 Å². The molecule has 0 unspecified atom stereocenters. The van der Waals surface area contributed by atoms with E-state index in [9.17, 15) is 22.9 Å². The van der Waals surface area contributed by atoms with Gasteiger partial charge in [-0.25, -0.2) is 0 Å². The van der Waals surface area contributed by atoms with Crippen molar-refractivity contribution in [3.8, 4) is 11.5 Å². The molecular weight excluding hydrogens is 588 g/mol. The summed E-state index contributed by atoms with van der Waals surface area (Å²) in [5, 5.41) is 25.5. The fourth-order valence-corrected chi connectivity index (χ4v) is 5.37. The molecule has 13 heteroatoms. The van der Waals surface area contributed by atoms with Crippen LogP contribution in [0.3, 0.4) is 0 Å². The number of carbonyl (C=O) groups is 1. The van der Waals surface area contributed by atoms with E-state index in [-0.39, 0.29) is 68.6 Å². The second-order valence-electron chi connectivity index (χ2n) is 8.23. The third-order valence-corrected chi connectivity index (χ3v) is 7.63. The summed E-state index contributed by atoms with van der Waals surface area (Å²) in [7, 11) is -4.55. The molecule has 0 saturated carbocycles. The molecule has 4 aromatic rings. The van der Waals surface area contributed by atoms with Crippen LogP contribution in [0.2, 0.25) is 10.0 Å². The molecule has 0 saturated heterocycles. The van der Waals surface area contributed by atoms with E-state index < -0.39 is 26.7 Å². The SMILES string of the molecule is CCOc1cccc(NC(=O)c2cc3ccccc3c(N=Nc3ccc(S(=O)(=O)O)c(Cl)c3CC)c2[O-])c1Cl.[Na+]. The number of fused-ring (bicyclic) bond motifs is 1. The Hall–Kier alpha value is -2.70. The number of anilines is 1. The minimum absolute atomic E-state index is 0. The molecule has 0 aliphatic heterocycles. The monoisotopic (exact) mass is 609 g/mol. The Morgan fingerprint density at radius 3 is 2.42 bits per heavy atom. The fraction of sp³-hybridized carbons (Fsp3) is 0.148. The van der Waals surface area contributed by atoms with Gasteiger partial charge in [0.05, 0.1) is 28.7 Å². The van der Waals surface area contributed by atoms with Gasteiger partial charge in [-0.3, -0.25) is 9.35 Å². The number of halogens is 2. The van der Waals surface area contributed by atoms with E-state index in [2.05, 4.69) is 15.5 Å². The van der Waals surface area contributed by atoms with Crippen LogP contribution < -0.4 is 44.7 Å². The number of hydrogen-bond acceptors (Lipinski definition) is 7. The zero-order chi connectivity index (χ0) is 28.3. The van der Waals surface area contributed by atoms with Gasteiger partial charge < -0.3 is 15.2 Å². The molecule has 0 atom stereocenters. The van der Waals surface area contributed by atoms with Crippen LogP contribution in [0.15, 0.2) is 75.8 Å². The molecule has 0 bridgehead atoms. The summed E-state index contributed by atoms with van der Waals surface area (Å²) in [6, 6.07) is 15.7. The van der Waals surface area contributed by atoms with Crippen LogP contribution in [0.4, 0.5) is 17.1 Å². The van der Waals surface area contributed by atoms with Crippen molar-refractivity contribution in [2.45, 2.75) is 25.2 Å². The van der Waals surface area contributed by atoms with Crippen molar-refractivity contribution in [2.24, 2.45) is 10.2 Å². The van der Waals surface area contributed by atoms with Gasteiger partial charge in [-0.05, 0) is 54.6 Å². The molecule has 202 valence electrons. The molecular formula is C27H22Cl2N3NaO6S. The smallest absolute Gasteiger partial charge is 0.870 e. The van der Waals surface area contributed by atoms with E-state index in [1.807, 2.05) is 0 Å². The first-order valence-electron chi connectivity index (χ1n) is 11.7. The van der Waals surface area contributed by atoms with Crippen LogP contribution in [0.25, 0.3) is 10.8 Å². The van der Waals surface area contributed by atoms with E-state index in [0.29, 0.717) is 28.7 Å². The maximum absolute atomic E-state index is 13.5. The maximum Gasteiger partial charge on any atom is 1.00 e. The molecule has 0 fully saturated rings. The molecule has 1 amide bonds. The zero-order valence-electron chi connectivity index (χ0n) is 21.7. The van der Waals surface area contributed by atoms with Gasteiger partial charge in [0.15, 0.2) is 0 Å². The number of benzene rings is 4. The first kappa shape index (κ1) is 31.8. The van der Waals surface area contributed by atoms with Crippen molar-refractivity contribution < 1.29 is 57.2 Å². The maximum atomic E-state index is 13.5. The summed E-state index contributed by atoms with van der Waals surface area (Å²) >= 11 is 12.6. The Balaban J connectivity index is 0.00000441. The molecule has 0 aromatic heterocycles. The number of azo groups is 1. The molecule has 4 rings (SSSR count). The molecule has 4 aromatic carbocycles. The molecule has 9 nitrogen and oxygen atoms in total. The summed E-state index contributed by atoms with van der Waals surface area (Å²) in [4.78, 5) is 12.8. The molecule has 2 N–H and O–H groups in total. The van der Waals surface area contributed by atoms with E-state index in [4.69, 9.17) is 27.9 Å². The van der Waals surface area contributed by atoms with Gasteiger partial charge in [0.1, 0.15) is 15.7 Å². The van der Waals surface area contributed by atoms with Crippen LogP contribution in [0, 0.1) is 0 Å². The standard InChI is InChI=1S/C27H23Cl2N3O6S.Na/c1-3-16-19(12-13-22(23(16)28)39(35,36)37)31-32-25-17-9-6-5-8-15(17)14-18(26(25)33)27(34)30-20-10-7-11-21(24(20)29)38-4-2;/h5-14,33H,3-4H2,1-2H3,(H,30,34)(H,35,36,37);/q;+1/p-1. The topological polar surface area (TPSA) is 140 Å². The number of nitrogens with zero attached hydrogens (tertiary/aromatic N) is 2. The Labute approximate surface area is 263 Å². The van der Waals surface area contributed by atoms with Crippen molar-refractivity contribution in [2.75, 3.05) is 11.9 Å². The number of hydrogen-bond donors (Lipinski definition) is 2. The van der Waals surface area contributed by atoms with Crippen LogP contribution in [0.1, 0.15) is 29.8 Å². The number of nitrogens with one attached hydrogen (secondary N) is 1. The molecule has 0 radical (unpaired) electrons. The fourth-order valence-electron chi connectivity index (χ4n) is 3.96. The van der Waals surface area contributed by atoms with Crippen LogP contribution in [-0.4, -0.2) is 25.5 Å². The van der Waals surface area contributed by atoms with Crippen molar-refractivity contribution in [1.82, 2.24) is 0 Å². The first-order chi connectivity index (χ1) is 18.6. The Morgan fingerprint density at radius 2 is 1.75 bits per heavy atom. The molecule has 0 spiro atoms. The van der Waals surface area contributed by atoms with Gasteiger partial charge in [-0.2, -0.15) is 18.6 Å². The number of carbonyl (C=O) groups excluding carboxylic acids is 1. The zero-order valence-corrected chi connectivity index (χ0v) is 26.1. The first-order valence-corrected chi connectivity index (χ1v) is 13.9. The van der Waals surface area contributed by atoms with E-state index in [1.165, 1.54) is 12.1 Å². The number of ether oxygens (including phenoxy) is 1. The summed E-state index contributed by atoms with van der Waals surface area (Å²) in [5.41, 5.74) is 0.503. The van der Waals surface area contributed by atoms with Gasteiger partial charge >= 0.3 is 29.6 Å². The Kier molecular flexibility index (Phi) is 10.6. The number of rotatable bonds is 8. The molecule has 0 aliphatic carbocycles. The van der Waals surface area contributed by atoms with Crippen molar-refractivity contribution in [1.29, 1.82) is 0 Å². The number of amides is 1. The van der Waals surface area contributed by atoms with E-state index in [1.54, 1.807) is 56.3 Å². The normalized spacial score (nSPS) is 11.4. The second kappa shape index (κ2) is 13.3. The summed E-state index contributed by atoms with van der Waals surface area (Å²) < 4.78 is 38.2. The third-order valence-electron chi connectivity index (χ3n) is 5.80. The Morgan fingerprint density at radius 1 is 1.02 bits per heavy atom. The minimum atomic E-state index is -4.55. The third kappa shape index (κ3) is 6.60. The van der Waals surface area contributed by atoms with Crippen LogP contribution >= 0.6 is 23.2 Å². The molecule has 40 heavy (non-hydrogen) atoms. The average molecular weight is 610 g/mol. The summed E-state index contributed by atoms with van der Waals surface area (Å²) in [6.45, 7) is 3.90. The van der Waals surface area contributed by atoms with E-state index in [0.717, 1.165) is 6.07 Å². The predicted octanol–water partition coefficient (Wildman–Crippen LogP) is 4.10. The van der Waals surface area contributed by atoms with Gasteiger partial charge in [0.25, 0.3) is 16.0 Å². The van der Waals surface area contributed by atoms with Crippen LogP contribution in [0.5, 0.6) is 11.5 Å². The molecule has 0 heterocycles.